The first-order chi connectivity index (χ1) is 26.5. The van der Waals surface area contributed by atoms with Gasteiger partial charge in [0.25, 0.3) is 0 Å². The van der Waals surface area contributed by atoms with Gasteiger partial charge in [-0.2, -0.15) is 0 Å². The fraction of sp³-hybridized carbons (Fsp3) is 0.0909. The van der Waals surface area contributed by atoms with E-state index in [1.807, 2.05) is 123 Å². The van der Waals surface area contributed by atoms with Crippen molar-refractivity contribution in [2.24, 2.45) is 0 Å². The van der Waals surface area contributed by atoms with Crippen molar-refractivity contribution in [3.8, 4) is 0 Å². The van der Waals surface area contributed by atoms with E-state index in [1.54, 1.807) is 11.6 Å². The second kappa shape index (κ2) is 23.1. The normalized spacial score (nSPS) is 11.8. The quantitative estimate of drug-likeness (QED) is 0.102. The fourth-order valence-corrected chi connectivity index (χ4v) is 13.3. The molecule has 0 aliphatic carbocycles. The van der Waals surface area contributed by atoms with Gasteiger partial charge < -0.3 is 19.7 Å². The van der Waals surface area contributed by atoms with E-state index in [-0.39, 0.29) is 34.3 Å². The van der Waals surface area contributed by atoms with E-state index in [2.05, 4.69) is 72.8 Å². The van der Waals surface area contributed by atoms with Gasteiger partial charge in [0.15, 0.2) is 0 Å². The van der Waals surface area contributed by atoms with Crippen LogP contribution in [0.1, 0.15) is 13.8 Å². The Morgan fingerprint density at radius 3 is 0.714 bits per heavy atom. The summed E-state index contributed by atoms with van der Waals surface area (Å²) >= 11 is 0. The zero-order valence-electron chi connectivity index (χ0n) is 30.7. The van der Waals surface area contributed by atoms with Crippen LogP contribution in [0.15, 0.2) is 206 Å². The van der Waals surface area contributed by atoms with Crippen molar-refractivity contribution < 1.29 is 70.9 Å². The van der Waals surface area contributed by atoms with Crippen LogP contribution in [0.5, 0.6) is 0 Å². The Morgan fingerprint density at radius 1 is 0.411 bits per heavy atom. The summed E-state index contributed by atoms with van der Waals surface area (Å²) in [6.45, 7) is 4.40. The molecule has 0 atom stereocenters. The maximum absolute atomic E-state index is 12.5. The Kier molecular flexibility index (Phi) is 19.0. The summed E-state index contributed by atoms with van der Waals surface area (Å²) in [5, 5.41) is 31.9. The molecule has 0 fully saturated rings. The molecule has 8 nitrogen and oxygen atoms in total. The summed E-state index contributed by atoms with van der Waals surface area (Å²) in [5.41, 5.74) is 0. The topological polar surface area (TPSA) is 157 Å². The molecule has 0 radical (unpaired) electrons. The van der Waals surface area contributed by atoms with Gasteiger partial charge in [0.1, 0.15) is 46.4 Å². The summed E-state index contributed by atoms with van der Waals surface area (Å²) in [7, 11) is -9.42. The van der Waals surface area contributed by atoms with Crippen molar-refractivity contribution in [1.29, 1.82) is 0 Å². The molecule has 0 saturated heterocycles. The van der Waals surface area contributed by atoms with E-state index in [1.165, 1.54) is 0 Å². The van der Waals surface area contributed by atoms with Crippen molar-refractivity contribution >= 4 is 46.4 Å². The molecule has 56 heavy (non-hydrogen) atoms. The third-order valence-corrected chi connectivity index (χ3v) is 16.0. The van der Waals surface area contributed by atoms with Gasteiger partial charge in [0, 0.05) is 0 Å². The molecule has 6 rings (SSSR count). The summed E-state index contributed by atoms with van der Waals surface area (Å²) in [6.07, 6.45) is 0. The van der Waals surface area contributed by atoms with Crippen molar-refractivity contribution in [1.82, 2.24) is 0 Å². The van der Waals surface area contributed by atoms with E-state index in [4.69, 9.17) is 28.1 Å². The predicted molar refractivity (Wildman–Crippen MR) is 210 cm³/mol. The summed E-state index contributed by atoms with van der Waals surface area (Å²) < 4.78 is 44.6. The predicted octanol–water partition coefficient (Wildman–Crippen LogP) is 1.59. The van der Waals surface area contributed by atoms with Crippen LogP contribution < -0.4 is 60.7 Å². The molecule has 0 saturated carbocycles. The first-order valence-electron chi connectivity index (χ1n) is 17.3. The largest absolute Gasteiger partial charge is 1.00 e. The second-order valence-corrected chi connectivity index (χ2v) is 18.9. The molecular formula is C44H42AuClO8P2. The van der Waals surface area contributed by atoms with Crippen LogP contribution in [-0.2, 0) is 31.9 Å². The molecule has 0 unspecified atom stereocenters. The van der Waals surface area contributed by atoms with Crippen molar-refractivity contribution in [2.75, 3.05) is 13.2 Å². The Hall–Kier alpha value is -4.27. The van der Waals surface area contributed by atoms with Gasteiger partial charge in [-0.25, -0.2) is 18.6 Å². The molecule has 6 aromatic carbocycles. The summed E-state index contributed by atoms with van der Waals surface area (Å²) in [5.74, 6) is 3.06. The maximum Gasteiger partial charge on any atom is 1.00 e. The molecule has 0 bridgehead atoms. The standard InChI is InChI=1S/2C22H21O2P.Au.ClHO4/c2*1-2-24-22(23)18-25(19-12-6-3-7-13-19,20-14-8-4-9-15-20)21-16-10-5-11-17-21;;2-1(3,4)5/h2*3-18H,2H2,1H3;;(H,2,3,4,5)/q;;+1;/p-1/b2*22-18+;;. The minimum absolute atomic E-state index is 0. The molecule has 0 amide bonds. The number of halogens is 1. The van der Waals surface area contributed by atoms with Crippen LogP contribution in [0.25, 0.3) is 0 Å². The second-order valence-electron chi connectivity index (χ2n) is 11.6. The van der Waals surface area contributed by atoms with Crippen molar-refractivity contribution in [3.05, 3.63) is 206 Å². The fourth-order valence-electron chi connectivity index (χ4n) is 6.00. The molecule has 0 heterocycles. The molecular weight excluding hydrogens is 951 g/mol. The first-order valence-corrected chi connectivity index (χ1v) is 22.3. The number of rotatable bonds is 12. The molecule has 0 N–H and O–H groups in total. The van der Waals surface area contributed by atoms with Crippen LogP contribution >= 0.6 is 14.5 Å². The molecule has 0 aliphatic rings. The SMILES string of the molecule is CCO/C([O-])=C/[P+](c1ccccc1)(c1ccccc1)c1ccccc1.CCO/C([O-])=C/[P+](c1ccccc1)(c1ccccc1)c1ccccc1.[Au+].[O-][Cl+3]([O-])([O-])[O-]. The van der Waals surface area contributed by atoms with E-state index in [0.717, 1.165) is 31.8 Å². The summed E-state index contributed by atoms with van der Waals surface area (Å²) in [6, 6.07) is 61.5. The van der Waals surface area contributed by atoms with E-state index < -0.39 is 24.8 Å². The number of ether oxygens (including phenoxy) is 2. The van der Waals surface area contributed by atoms with E-state index in [9.17, 15) is 10.2 Å². The average molecular weight is 993 g/mol. The van der Waals surface area contributed by atoms with E-state index in [0.29, 0.717) is 13.2 Å². The van der Waals surface area contributed by atoms with Gasteiger partial charge in [-0.3, -0.25) is 0 Å². The first kappa shape index (κ1) is 46.1. The summed E-state index contributed by atoms with van der Waals surface area (Å²) in [4.78, 5) is 0. The molecule has 0 aliphatic heterocycles. The van der Waals surface area contributed by atoms with Crippen LogP contribution in [0.4, 0.5) is 0 Å². The Morgan fingerprint density at radius 2 is 0.571 bits per heavy atom. The van der Waals surface area contributed by atoms with Crippen molar-refractivity contribution in [3.63, 3.8) is 0 Å². The van der Waals surface area contributed by atoms with Crippen LogP contribution in [0.3, 0.4) is 0 Å². The third-order valence-electron chi connectivity index (χ3n) is 8.15. The molecule has 12 heteroatoms. The zero-order chi connectivity index (χ0) is 39.6. The molecule has 0 spiro atoms. The average Bonchev–Trinajstić information content (AvgIpc) is 3.21. The van der Waals surface area contributed by atoms with Gasteiger partial charge in [-0.05, 0) is 86.0 Å². The monoisotopic (exact) mass is 992 g/mol. The van der Waals surface area contributed by atoms with Crippen LogP contribution in [0.2, 0.25) is 0 Å². The smallest absolute Gasteiger partial charge is 0.611 e. The van der Waals surface area contributed by atoms with Crippen LogP contribution in [0, 0.1) is 10.2 Å². The van der Waals surface area contributed by atoms with Gasteiger partial charge >= 0.3 is 22.4 Å². The van der Waals surface area contributed by atoms with Gasteiger partial charge in [-0.15, -0.1) is 10.2 Å². The molecule has 6 aromatic rings. The Labute approximate surface area is 348 Å². The third kappa shape index (κ3) is 12.9. The van der Waals surface area contributed by atoms with Gasteiger partial charge in [0.05, 0.1) is 23.5 Å². The Bertz CT molecular complexity index is 1700. The number of hydrogen-bond acceptors (Lipinski definition) is 8. The number of benzene rings is 6. The van der Waals surface area contributed by atoms with Gasteiger partial charge in [-0.1, -0.05) is 123 Å². The molecule has 294 valence electrons. The minimum Gasteiger partial charge on any atom is -0.611 e. The Balaban J connectivity index is 0.000000264. The van der Waals surface area contributed by atoms with Crippen LogP contribution in [-0.4, -0.2) is 13.2 Å². The van der Waals surface area contributed by atoms with Gasteiger partial charge in [0.2, 0.25) is 0 Å². The number of hydrogen-bond donors (Lipinski definition) is 0. The van der Waals surface area contributed by atoms with E-state index >= 15 is 0 Å². The molecule has 0 aromatic heterocycles. The zero-order valence-corrected chi connectivity index (χ0v) is 35.4. The van der Waals surface area contributed by atoms with Crippen molar-refractivity contribution in [2.45, 2.75) is 13.8 Å². The maximum atomic E-state index is 12.5. The minimum atomic E-state index is -4.94.